The predicted octanol–water partition coefficient (Wildman–Crippen LogP) is 5.92. The molecule has 0 aliphatic carbocycles. The molecule has 36 heavy (non-hydrogen) atoms. The summed E-state index contributed by atoms with van der Waals surface area (Å²) in [6.45, 7) is 6.19. The molecule has 3 aromatic carbocycles. The fourth-order valence-corrected chi connectivity index (χ4v) is 5.04. The van der Waals surface area contributed by atoms with Gasteiger partial charge in [0, 0.05) is 17.2 Å². The van der Waals surface area contributed by atoms with Crippen LogP contribution >= 0.6 is 0 Å². The molecule has 0 fully saturated rings. The zero-order chi connectivity index (χ0) is 25.9. The summed E-state index contributed by atoms with van der Waals surface area (Å²) in [5, 5.41) is 2.99. The number of carbonyl (C=O) groups is 2. The van der Waals surface area contributed by atoms with Crippen molar-refractivity contribution in [3.63, 3.8) is 0 Å². The predicted molar refractivity (Wildman–Crippen MR) is 140 cm³/mol. The van der Waals surface area contributed by atoms with Gasteiger partial charge in [-0.2, -0.15) is 0 Å². The van der Waals surface area contributed by atoms with Crippen LogP contribution in [-0.2, 0) is 21.6 Å². The first-order valence-electron chi connectivity index (χ1n) is 12.2. The van der Waals surface area contributed by atoms with E-state index in [1.807, 2.05) is 49.4 Å². The molecule has 188 valence electrons. The Bertz CT molecular complexity index is 1250. The Morgan fingerprint density at radius 3 is 2.33 bits per heavy atom. The highest BCUT2D eigenvalue weighted by molar-refractivity contribution is 6.07. The molecule has 4 rings (SSSR count). The minimum absolute atomic E-state index is 0.254. The Hall–Kier alpha value is -3.80. The third kappa shape index (κ3) is 4.81. The van der Waals surface area contributed by atoms with Crippen molar-refractivity contribution < 1.29 is 23.8 Å². The van der Waals surface area contributed by atoms with Crippen molar-refractivity contribution in [1.82, 2.24) is 0 Å². The molecule has 6 nitrogen and oxygen atoms in total. The van der Waals surface area contributed by atoms with Crippen molar-refractivity contribution in [2.45, 2.75) is 39.2 Å². The standard InChI is InChI=1S/C30H33NO5/c1-19(2)15-23(17-21-12-14-26(34-4)27(18-21)35-5)30(36-28(32)22-9-7-6-8-10-22)24-16-20(3)11-13-25(24)31-29(30)33/h6-14,16,18-19,23H,15,17H2,1-5H3,(H,31,33). The molecule has 2 unspecified atom stereocenters. The number of anilines is 1. The van der Waals surface area contributed by atoms with E-state index in [9.17, 15) is 9.59 Å². The van der Waals surface area contributed by atoms with Gasteiger partial charge in [0.25, 0.3) is 5.91 Å². The van der Waals surface area contributed by atoms with Gasteiger partial charge in [-0.25, -0.2) is 4.79 Å². The van der Waals surface area contributed by atoms with E-state index in [-0.39, 0.29) is 17.7 Å². The maximum Gasteiger partial charge on any atom is 0.339 e. The van der Waals surface area contributed by atoms with Crippen molar-refractivity contribution >= 4 is 17.6 Å². The molecule has 0 aromatic heterocycles. The summed E-state index contributed by atoms with van der Waals surface area (Å²) in [6.07, 6.45) is 1.17. The van der Waals surface area contributed by atoms with Crippen LogP contribution in [0.4, 0.5) is 5.69 Å². The number of hydrogen-bond donors (Lipinski definition) is 1. The Morgan fingerprint density at radius 2 is 1.67 bits per heavy atom. The molecule has 1 aliphatic rings. The van der Waals surface area contributed by atoms with Gasteiger partial charge in [-0.3, -0.25) is 4.79 Å². The number of nitrogens with one attached hydrogen (secondary N) is 1. The summed E-state index contributed by atoms with van der Waals surface area (Å²) in [5.74, 6) is 0.322. The van der Waals surface area contributed by atoms with E-state index >= 15 is 0 Å². The van der Waals surface area contributed by atoms with Crippen molar-refractivity contribution in [2.24, 2.45) is 11.8 Å². The van der Waals surface area contributed by atoms with Crippen LogP contribution in [0.2, 0.25) is 0 Å². The Balaban J connectivity index is 1.85. The van der Waals surface area contributed by atoms with Crippen molar-refractivity contribution in [3.05, 3.63) is 89.0 Å². The third-order valence-corrected chi connectivity index (χ3v) is 6.68. The first-order chi connectivity index (χ1) is 17.3. The number of fused-ring (bicyclic) bond motifs is 1. The number of rotatable bonds is 9. The number of ether oxygens (including phenoxy) is 3. The fraction of sp³-hybridized carbons (Fsp3) is 0.333. The lowest BCUT2D eigenvalue weighted by Crippen LogP contribution is -2.47. The molecule has 0 saturated carbocycles. The van der Waals surface area contributed by atoms with Gasteiger partial charge in [-0.1, -0.05) is 49.7 Å². The fourth-order valence-electron chi connectivity index (χ4n) is 5.04. The van der Waals surface area contributed by atoms with Gasteiger partial charge in [0.05, 0.1) is 19.8 Å². The number of aryl methyl sites for hydroxylation is 1. The molecule has 1 N–H and O–H groups in total. The monoisotopic (exact) mass is 487 g/mol. The average molecular weight is 488 g/mol. The average Bonchev–Trinajstić information content (AvgIpc) is 3.14. The summed E-state index contributed by atoms with van der Waals surface area (Å²) in [6, 6.07) is 20.3. The lowest BCUT2D eigenvalue weighted by atomic mass is 9.74. The van der Waals surface area contributed by atoms with Gasteiger partial charge in [-0.05, 0) is 67.6 Å². The number of methoxy groups -OCH3 is 2. The van der Waals surface area contributed by atoms with Crippen LogP contribution in [0.25, 0.3) is 0 Å². The Kier molecular flexibility index (Phi) is 7.34. The van der Waals surface area contributed by atoms with Crippen LogP contribution in [0.15, 0.2) is 66.7 Å². The zero-order valence-electron chi connectivity index (χ0n) is 21.5. The first-order valence-corrected chi connectivity index (χ1v) is 12.2. The number of esters is 1. The normalized spacial score (nSPS) is 17.3. The van der Waals surface area contributed by atoms with E-state index in [0.717, 1.165) is 11.1 Å². The highest BCUT2D eigenvalue weighted by atomic mass is 16.6. The van der Waals surface area contributed by atoms with E-state index in [1.54, 1.807) is 38.5 Å². The highest BCUT2D eigenvalue weighted by Gasteiger charge is 2.56. The lowest BCUT2D eigenvalue weighted by molar-refractivity contribution is -0.142. The minimum atomic E-state index is -1.48. The summed E-state index contributed by atoms with van der Waals surface area (Å²) in [7, 11) is 3.19. The van der Waals surface area contributed by atoms with Gasteiger partial charge in [0.15, 0.2) is 11.5 Å². The smallest absolute Gasteiger partial charge is 0.339 e. The van der Waals surface area contributed by atoms with Crippen molar-refractivity contribution in [3.8, 4) is 11.5 Å². The van der Waals surface area contributed by atoms with E-state index in [4.69, 9.17) is 14.2 Å². The van der Waals surface area contributed by atoms with Crippen molar-refractivity contribution in [1.29, 1.82) is 0 Å². The molecule has 1 amide bonds. The summed E-state index contributed by atoms with van der Waals surface area (Å²) in [5.41, 5.74) is 2.24. The van der Waals surface area contributed by atoms with Crippen LogP contribution < -0.4 is 14.8 Å². The second-order valence-electron chi connectivity index (χ2n) is 9.71. The van der Waals surface area contributed by atoms with Crippen LogP contribution in [0, 0.1) is 18.8 Å². The molecule has 0 radical (unpaired) electrons. The number of benzene rings is 3. The van der Waals surface area contributed by atoms with E-state index in [1.165, 1.54) is 0 Å². The highest BCUT2D eigenvalue weighted by Crippen LogP contribution is 2.48. The van der Waals surface area contributed by atoms with Crippen LogP contribution in [0.1, 0.15) is 47.3 Å². The lowest BCUT2D eigenvalue weighted by Gasteiger charge is -2.37. The van der Waals surface area contributed by atoms with Gasteiger partial charge < -0.3 is 19.5 Å². The maximum atomic E-state index is 13.8. The maximum absolute atomic E-state index is 13.8. The van der Waals surface area contributed by atoms with Gasteiger partial charge >= 0.3 is 5.97 Å². The molecule has 2 atom stereocenters. The van der Waals surface area contributed by atoms with E-state index < -0.39 is 11.6 Å². The molecular weight excluding hydrogens is 454 g/mol. The topological polar surface area (TPSA) is 73.9 Å². The van der Waals surface area contributed by atoms with Crippen LogP contribution in [0.3, 0.4) is 0 Å². The van der Waals surface area contributed by atoms with Gasteiger partial charge in [0.2, 0.25) is 5.60 Å². The van der Waals surface area contributed by atoms with Gasteiger partial charge in [-0.15, -0.1) is 0 Å². The quantitative estimate of drug-likeness (QED) is 0.379. The summed E-state index contributed by atoms with van der Waals surface area (Å²) < 4.78 is 17.2. The molecule has 0 spiro atoms. The Morgan fingerprint density at radius 1 is 0.944 bits per heavy atom. The van der Waals surface area contributed by atoms with Crippen LogP contribution in [-0.4, -0.2) is 26.1 Å². The summed E-state index contributed by atoms with van der Waals surface area (Å²) in [4.78, 5) is 27.3. The number of carbonyl (C=O) groups excluding carboxylic acids is 2. The second-order valence-corrected chi connectivity index (χ2v) is 9.71. The largest absolute Gasteiger partial charge is 0.493 e. The third-order valence-electron chi connectivity index (χ3n) is 6.68. The number of amides is 1. The SMILES string of the molecule is COc1ccc(CC(CC(C)C)C2(OC(=O)c3ccccc3)C(=O)Nc3ccc(C)cc32)cc1OC. The first kappa shape index (κ1) is 25.3. The number of hydrogen-bond acceptors (Lipinski definition) is 5. The molecule has 0 saturated heterocycles. The van der Waals surface area contributed by atoms with Crippen molar-refractivity contribution in [2.75, 3.05) is 19.5 Å². The molecule has 1 aliphatic heterocycles. The molecule has 6 heteroatoms. The Labute approximate surface area is 212 Å². The minimum Gasteiger partial charge on any atom is -0.493 e. The second kappa shape index (κ2) is 10.4. The molecular formula is C30H33NO5. The molecule has 3 aromatic rings. The molecule has 1 heterocycles. The summed E-state index contributed by atoms with van der Waals surface area (Å²) >= 11 is 0. The van der Waals surface area contributed by atoms with Gasteiger partial charge in [0.1, 0.15) is 0 Å². The van der Waals surface area contributed by atoms with E-state index in [0.29, 0.717) is 41.2 Å². The van der Waals surface area contributed by atoms with E-state index in [2.05, 4.69) is 19.2 Å². The van der Waals surface area contributed by atoms with Crippen LogP contribution in [0.5, 0.6) is 11.5 Å². The molecule has 0 bridgehead atoms. The zero-order valence-corrected chi connectivity index (χ0v) is 21.5.